The van der Waals surface area contributed by atoms with Crippen LogP contribution < -0.4 is 5.32 Å². The predicted molar refractivity (Wildman–Crippen MR) is 67.0 cm³/mol. The molecular weight excluding hydrogens is 214 g/mol. The van der Waals surface area contributed by atoms with Crippen molar-refractivity contribution in [1.82, 2.24) is 15.2 Å². The van der Waals surface area contributed by atoms with Crippen LogP contribution in [0.2, 0.25) is 0 Å². The lowest BCUT2D eigenvalue weighted by atomic mass is 9.99. The maximum absolute atomic E-state index is 12.4. The van der Waals surface area contributed by atoms with Crippen LogP contribution in [0.5, 0.6) is 0 Å². The van der Waals surface area contributed by atoms with E-state index < -0.39 is 0 Å². The third-order valence-corrected chi connectivity index (χ3v) is 3.15. The second-order valence-corrected chi connectivity index (χ2v) is 5.11. The molecular formula is C13H19N3O. The average Bonchev–Trinajstić information content (AvgIpc) is 2.27. The Morgan fingerprint density at radius 2 is 2.24 bits per heavy atom. The maximum atomic E-state index is 12.4. The summed E-state index contributed by atoms with van der Waals surface area (Å²) in [4.78, 5) is 18.6. The van der Waals surface area contributed by atoms with Gasteiger partial charge in [-0.2, -0.15) is 0 Å². The smallest absolute Gasteiger partial charge is 0.272 e. The third-order valence-electron chi connectivity index (χ3n) is 3.15. The van der Waals surface area contributed by atoms with Crippen LogP contribution in [-0.2, 0) is 0 Å². The Kier molecular flexibility index (Phi) is 3.15. The van der Waals surface area contributed by atoms with E-state index in [1.54, 1.807) is 6.07 Å². The molecule has 1 fully saturated rings. The molecule has 1 aromatic heterocycles. The first-order valence-electron chi connectivity index (χ1n) is 5.97. The van der Waals surface area contributed by atoms with E-state index in [-0.39, 0.29) is 11.4 Å². The first kappa shape index (κ1) is 12.0. The predicted octanol–water partition coefficient (Wildman–Crippen LogP) is 1.21. The summed E-state index contributed by atoms with van der Waals surface area (Å²) in [5, 5.41) is 3.31. The van der Waals surface area contributed by atoms with Gasteiger partial charge in [0, 0.05) is 25.3 Å². The molecule has 1 N–H and O–H groups in total. The fourth-order valence-electron chi connectivity index (χ4n) is 2.16. The standard InChI is InChI=1S/C13H19N3O/c1-10-5-4-6-11(15-10)12(17)16-8-7-14-9-13(16,2)3/h4-6,14H,7-9H2,1-3H3. The number of amides is 1. The molecule has 1 aliphatic heterocycles. The Hall–Kier alpha value is -1.42. The molecule has 1 amide bonds. The van der Waals surface area contributed by atoms with E-state index in [9.17, 15) is 4.79 Å². The number of hydrogen-bond acceptors (Lipinski definition) is 3. The normalized spacial score (nSPS) is 19.1. The van der Waals surface area contributed by atoms with Crippen LogP contribution in [-0.4, -0.2) is 41.0 Å². The van der Waals surface area contributed by atoms with Gasteiger partial charge in [-0.3, -0.25) is 4.79 Å². The number of nitrogens with zero attached hydrogens (tertiary/aromatic N) is 2. The number of pyridine rings is 1. The highest BCUT2D eigenvalue weighted by Crippen LogP contribution is 2.18. The van der Waals surface area contributed by atoms with Gasteiger partial charge in [0.1, 0.15) is 5.69 Å². The summed E-state index contributed by atoms with van der Waals surface area (Å²) in [7, 11) is 0. The minimum Gasteiger partial charge on any atom is -0.330 e. The number of carbonyl (C=O) groups excluding carboxylic acids is 1. The fourth-order valence-corrected chi connectivity index (χ4v) is 2.16. The van der Waals surface area contributed by atoms with Crippen LogP contribution in [0.3, 0.4) is 0 Å². The number of piperazine rings is 1. The lowest BCUT2D eigenvalue weighted by Gasteiger charge is -2.42. The molecule has 0 radical (unpaired) electrons. The van der Waals surface area contributed by atoms with Gasteiger partial charge < -0.3 is 10.2 Å². The zero-order chi connectivity index (χ0) is 12.5. The summed E-state index contributed by atoms with van der Waals surface area (Å²) in [6.07, 6.45) is 0. The highest BCUT2D eigenvalue weighted by molar-refractivity contribution is 5.93. The van der Waals surface area contributed by atoms with Gasteiger partial charge in [-0.05, 0) is 32.9 Å². The monoisotopic (exact) mass is 233 g/mol. The molecule has 2 rings (SSSR count). The van der Waals surface area contributed by atoms with E-state index in [4.69, 9.17) is 0 Å². The Balaban J connectivity index is 2.25. The largest absolute Gasteiger partial charge is 0.330 e. The van der Waals surface area contributed by atoms with Crippen molar-refractivity contribution in [3.05, 3.63) is 29.6 Å². The molecule has 0 bridgehead atoms. The number of aromatic nitrogens is 1. The van der Waals surface area contributed by atoms with Crippen LogP contribution >= 0.6 is 0 Å². The Morgan fingerprint density at radius 3 is 2.88 bits per heavy atom. The molecule has 0 aromatic carbocycles. The van der Waals surface area contributed by atoms with Crippen molar-refractivity contribution in [1.29, 1.82) is 0 Å². The number of nitrogens with one attached hydrogen (secondary N) is 1. The third kappa shape index (κ3) is 2.47. The maximum Gasteiger partial charge on any atom is 0.272 e. The van der Waals surface area contributed by atoms with Gasteiger partial charge in [-0.15, -0.1) is 0 Å². The van der Waals surface area contributed by atoms with E-state index in [2.05, 4.69) is 24.1 Å². The molecule has 17 heavy (non-hydrogen) atoms. The minimum absolute atomic E-state index is 0.0280. The number of carbonyl (C=O) groups is 1. The minimum atomic E-state index is -0.152. The second-order valence-electron chi connectivity index (χ2n) is 5.11. The Morgan fingerprint density at radius 1 is 1.47 bits per heavy atom. The van der Waals surface area contributed by atoms with Crippen molar-refractivity contribution < 1.29 is 4.79 Å². The van der Waals surface area contributed by atoms with Gasteiger partial charge in [-0.25, -0.2) is 4.98 Å². The molecule has 92 valence electrons. The molecule has 0 aliphatic carbocycles. The van der Waals surface area contributed by atoms with Crippen LogP contribution in [0, 0.1) is 6.92 Å². The summed E-state index contributed by atoms with van der Waals surface area (Å²) >= 11 is 0. The average molecular weight is 233 g/mol. The van der Waals surface area contributed by atoms with Crippen molar-refractivity contribution in [3.63, 3.8) is 0 Å². The van der Waals surface area contributed by atoms with Gasteiger partial charge in [-0.1, -0.05) is 6.07 Å². The molecule has 0 saturated carbocycles. The van der Waals surface area contributed by atoms with Crippen LogP contribution in [0.25, 0.3) is 0 Å². The van der Waals surface area contributed by atoms with Crippen LogP contribution in [0.15, 0.2) is 18.2 Å². The van der Waals surface area contributed by atoms with E-state index in [0.29, 0.717) is 5.69 Å². The zero-order valence-corrected chi connectivity index (χ0v) is 10.7. The summed E-state index contributed by atoms with van der Waals surface area (Å²) in [5.41, 5.74) is 1.27. The SMILES string of the molecule is Cc1cccc(C(=O)N2CCNCC2(C)C)n1. The lowest BCUT2D eigenvalue weighted by Crippen LogP contribution is -2.59. The molecule has 1 aromatic rings. The van der Waals surface area contributed by atoms with Gasteiger partial charge in [0.25, 0.3) is 5.91 Å². The Labute approximate surface area is 102 Å². The van der Waals surface area contributed by atoms with E-state index >= 15 is 0 Å². The van der Waals surface area contributed by atoms with E-state index in [1.807, 2.05) is 24.0 Å². The van der Waals surface area contributed by atoms with Gasteiger partial charge in [0.05, 0.1) is 5.54 Å². The summed E-state index contributed by atoms with van der Waals surface area (Å²) in [5.74, 6) is 0.0280. The number of rotatable bonds is 1. The molecule has 1 saturated heterocycles. The fraction of sp³-hybridized carbons (Fsp3) is 0.538. The summed E-state index contributed by atoms with van der Waals surface area (Å²) in [6.45, 7) is 8.46. The van der Waals surface area contributed by atoms with Crippen LogP contribution in [0.4, 0.5) is 0 Å². The Bertz CT molecular complexity index is 428. The molecule has 4 heteroatoms. The highest BCUT2D eigenvalue weighted by atomic mass is 16.2. The van der Waals surface area contributed by atoms with Crippen LogP contribution in [0.1, 0.15) is 30.0 Å². The highest BCUT2D eigenvalue weighted by Gasteiger charge is 2.34. The van der Waals surface area contributed by atoms with Crippen molar-refractivity contribution in [3.8, 4) is 0 Å². The quantitative estimate of drug-likeness (QED) is 0.793. The van der Waals surface area contributed by atoms with Gasteiger partial charge in [0.2, 0.25) is 0 Å². The number of hydrogen-bond donors (Lipinski definition) is 1. The van der Waals surface area contributed by atoms with Crippen molar-refractivity contribution >= 4 is 5.91 Å². The lowest BCUT2D eigenvalue weighted by molar-refractivity contribution is 0.0471. The molecule has 4 nitrogen and oxygen atoms in total. The molecule has 0 atom stereocenters. The van der Waals surface area contributed by atoms with E-state index in [1.165, 1.54) is 0 Å². The summed E-state index contributed by atoms with van der Waals surface area (Å²) in [6, 6.07) is 5.57. The zero-order valence-electron chi connectivity index (χ0n) is 10.7. The van der Waals surface area contributed by atoms with Gasteiger partial charge in [0.15, 0.2) is 0 Å². The van der Waals surface area contributed by atoms with Crippen molar-refractivity contribution in [2.24, 2.45) is 0 Å². The topological polar surface area (TPSA) is 45.2 Å². The summed E-state index contributed by atoms with van der Waals surface area (Å²) < 4.78 is 0. The van der Waals surface area contributed by atoms with Crippen molar-refractivity contribution in [2.75, 3.05) is 19.6 Å². The molecule has 1 aliphatic rings. The van der Waals surface area contributed by atoms with Gasteiger partial charge >= 0.3 is 0 Å². The van der Waals surface area contributed by atoms with Crippen molar-refractivity contribution in [2.45, 2.75) is 26.3 Å². The molecule has 2 heterocycles. The molecule has 0 unspecified atom stereocenters. The van der Waals surface area contributed by atoms with E-state index in [0.717, 1.165) is 25.3 Å². The molecule has 0 spiro atoms. The first-order chi connectivity index (χ1) is 8.00. The second kappa shape index (κ2) is 4.45. The first-order valence-corrected chi connectivity index (χ1v) is 5.97. The number of aryl methyl sites for hydroxylation is 1.